The Morgan fingerprint density at radius 2 is 1.94 bits per heavy atom. The number of aromatic amines is 1. The van der Waals surface area contributed by atoms with Crippen LogP contribution >= 0.6 is 0 Å². The molecule has 0 aliphatic heterocycles. The number of hydrogen-bond acceptors (Lipinski definition) is 2. The van der Waals surface area contributed by atoms with E-state index in [1.807, 2.05) is 18.3 Å². The van der Waals surface area contributed by atoms with Gasteiger partial charge in [0, 0.05) is 6.20 Å². The summed E-state index contributed by atoms with van der Waals surface area (Å²) in [5.41, 5.74) is 2.62. The third-order valence-electron chi connectivity index (χ3n) is 4.23. The third kappa shape index (κ3) is 1.85. The Morgan fingerprint density at radius 1 is 1.28 bits per heavy atom. The summed E-state index contributed by atoms with van der Waals surface area (Å²) in [6, 6.07) is 9.80. The predicted octanol–water partition coefficient (Wildman–Crippen LogP) is 3.15. The number of nitrogens with zero attached hydrogens (tertiary/aromatic N) is 2. The topological polar surface area (TPSA) is 52.5 Å². The Balaban J connectivity index is 2.75. The molecular formula is C14H19N3Si. The lowest BCUT2D eigenvalue weighted by Gasteiger charge is -2.29. The van der Waals surface area contributed by atoms with Gasteiger partial charge in [-0.2, -0.15) is 5.26 Å². The molecule has 0 aromatic carbocycles. The van der Waals surface area contributed by atoms with Crippen molar-refractivity contribution in [2.24, 2.45) is 0 Å². The van der Waals surface area contributed by atoms with Gasteiger partial charge in [0.05, 0.1) is 19.1 Å². The second kappa shape index (κ2) is 4.95. The highest BCUT2D eigenvalue weighted by Gasteiger charge is 2.31. The summed E-state index contributed by atoms with van der Waals surface area (Å²) in [5, 5.41) is 10.5. The summed E-state index contributed by atoms with van der Waals surface area (Å²) in [7, 11) is -1.49. The molecule has 0 radical (unpaired) electrons. The molecular weight excluding hydrogens is 238 g/mol. The summed E-state index contributed by atoms with van der Waals surface area (Å²) in [6.45, 7) is 6.83. The van der Waals surface area contributed by atoms with Crippen molar-refractivity contribution in [2.45, 2.75) is 38.9 Å². The molecule has 0 aliphatic rings. The average Bonchev–Trinajstić information content (AvgIpc) is 2.89. The second-order valence-electron chi connectivity index (χ2n) is 4.75. The van der Waals surface area contributed by atoms with Crippen LogP contribution in [0.3, 0.4) is 0 Å². The number of H-pyrrole nitrogens is 1. The van der Waals surface area contributed by atoms with Crippen molar-refractivity contribution < 1.29 is 0 Å². The van der Waals surface area contributed by atoms with Crippen LogP contribution in [0.15, 0.2) is 18.3 Å². The molecule has 0 atom stereocenters. The fourth-order valence-electron chi connectivity index (χ4n) is 2.84. The highest BCUT2D eigenvalue weighted by atomic mass is 28.3. The molecule has 0 unspecified atom stereocenters. The highest BCUT2D eigenvalue weighted by Crippen LogP contribution is 2.23. The van der Waals surface area contributed by atoms with E-state index in [1.54, 1.807) is 0 Å². The Morgan fingerprint density at radius 3 is 2.50 bits per heavy atom. The van der Waals surface area contributed by atoms with Gasteiger partial charge in [-0.05, 0) is 17.3 Å². The summed E-state index contributed by atoms with van der Waals surface area (Å²) in [4.78, 5) is 7.67. The molecule has 0 saturated carbocycles. The summed E-state index contributed by atoms with van der Waals surface area (Å²) >= 11 is 0. The largest absolute Gasteiger partial charge is 0.360 e. The predicted molar refractivity (Wildman–Crippen MR) is 77.6 cm³/mol. The summed E-state index contributed by atoms with van der Waals surface area (Å²) < 4.78 is 0. The lowest BCUT2D eigenvalue weighted by Crippen LogP contribution is -2.46. The van der Waals surface area contributed by atoms with Crippen molar-refractivity contribution in [3.63, 3.8) is 0 Å². The monoisotopic (exact) mass is 257 g/mol. The highest BCUT2D eigenvalue weighted by molar-refractivity contribution is 6.93. The molecule has 0 bridgehead atoms. The van der Waals surface area contributed by atoms with Crippen LogP contribution in [0, 0.1) is 11.3 Å². The van der Waals surface area contributed by atoms with Gasteiger partial charge >= 0.3 is 0 Å². The summed E-state index contributed by atoms with van der Waals surface area (Å²) in [6.07, 6.45) is 1.92. The maximum absolute atomic E-state index is 9.14. The SMILES string of the molecule is CC[Si](CC)(CC)c1cc(C#N)nc2cc[nH]c12. The molecule has 0 spiro atoms. The molecule has 2 aromatic rings. The van der Waals surface area contributed by atoms with E-state index < -0.39 is 8.07 Å². The average molecular weight is 257 g/mol. The number of aromatic nitrogens is 2. The zero-order valence-electron chi connectivity index (χ0n) is 11.2. The van der Waals surface area contributed by atoms with Crippen LogP contribution in [-0.4, -0.2) is 18.0 Å². The molecule has 18 heavy (non-hydrogen) atoms. The first-order valence-electron chi connectivity index (χ1n) is 6.59. The van der Waals surface area contributed by atoms with E-state index in [2.05, 4.69) is 36.8 Å². The third-order valence-corrected chi connectivity index (χ3v) is 9.83. The smallest absolute Gasteiger partial charge is 0.141 e. The molecule has 2 heterocycles. The van der Waals surface area contributed by atoms with Gasteiger partial charge in [0.15, 0.2) is 0 Å². The lowest BCUT2D eigenvalue weighted by atomic mass is 10.3. The van der Waals surface area contributed by atoms with E-state index in [0.717, 1.165) is 11.0 Å². The second-order valence-corrected chi connectivity index (χ2v) is 9.97. The van der Waals surface area contributed by atoms with Gasteiger partial charge in [0.2, 0.25) is 0 Å². The number of fused-ring (bicyclic) bond motifs is 1. The quantitative estimate of drug-likeness (QED) is 0.855. The van der Waals surface area contributed by atoms with Crippen LogP contribution in [-0.2, 0) is 0 Å². The van der Waals surface area contributed by atoms with Crippen LogP contribution in [0.25, 0.3) is 11.0 Å². The van der Waals surface area contributed by atoms with Crippen molar-refractivity contribution in [3.8, 4) is 6.07 Å². The molecule has 0 aliphatic carbocycles. The van der Waals surface area contributed by atoms with Gasteiger partial charge < -0.3 is 4.98 Å². The van der Waals surface area contributed by atoms with E-state index in [0.29, 0.717) is 5.69 Å². The van der Waals surface area contributed by atoms with Gasteiger partial charge in [-0.25, -0.2) is 4.98 Å². The number of pyridine rings is 1. The zero-order valence-corrected chi connectivity index (χ0v) is 12.2. The molecule has 3 nitrogen and oxygen atoms in total. The van der Waals surface area contributed by atoms with Crippen LogP contribution in [0.1, 0.15) is 26.5 Å². The van der Waals surface area contributed by atoms with Gasteiger partial charge in [-0.1, -0.05) is 38.9 Å². The van der Waals surface area contributed by atoms with Gasteiger partial charge in [-0.15, -0.1) is 0 Å². The molecule has 0 saturated heterocycles. The maximum Gasteiger partial charge on any atom is 0.141 e. The van der Waals surface area contributed by atoms with E-state index in [1.165, 1.54) is 23.3 Å². The number of rotatable bonds is 4. The lowest BCUT2D eigenvalue weighted by molar-refractivity contribution is 1.19. The Labute approximate surface area is 109 Å². The number of hydrogen-bond donors (Lipinski definition) is 1. The zero-order chi connectivity index (χ0) is 13.2. The fraction of sp³-hybridized carbons (Fsp3) is 0.429. The van der Waals surface area contributed by atoms with Gasteiger partial charge in [0.1, 0.15) is 11.8 Å². The fourth-order valence-corrected chi connectivity index (χ4v) is 6.65. The van der Waals surface area contributed by atoms with Crippen molar-refractivity contribution in [2.75, 3.05) is 0 Å². The van der Waals surface area contributed by atoms with Crippen molar-refractivity contribution in [1.29, 1.82) is 5.26 Å². The van der Waals surface area contributed by atoms with E-state index in [9.17, 15) is 0 Å². The van der Waals surface area contributed by atoms with Crippen molar-refractivity contribution >= 4 is 24.3 Å². The van der Waals surface area contributed by atoms with Gasteiger partial charge in [-0.3, -0.25) is 0 Å². The normalized spacial score (nSPS) is 11.7. The van der Waals surface area contributed by atoms with Gasteiger partial charge in [0.25, 0.3) is 0 Å². The van der Waals surface area contributed by atoms with Crippen LogP contribution < -0.4 is 5.19 Å². The van der Waals surface area contributed by atoms with Crippen LogP contribution in [0.4, 0.5) is 0 Å². The molecule has 4 heteroatoms. The first-order valence-corrected chi connectivity index (χ1v) is 9.21. The number of nitriles is 1. The molecule has 94 valence electrons. The summed E-state index contributed by atoms with van der Waals surface area (Å²) in [5.74, 6) is 0. The molecule has 0 fully saturated rings. The Hall–Kier alpha value is -1.60. The Kier molecular flexibility index (Phi) is 3.53. The van der Waals surface area contributed by atoms with Crippen LogP contribution in [0.2, 0.25) is 18.1 Å². The first kappa shape index (κ1) is 12.8. The minimum atomic E-state index is -1.49. The first-order chi connectivity index (χ1) is 8.70. The standard InChI is InChI=1S/C14H19N3Si/c1-4-18(5-2,6-3)13-9-11(10-15)17-12-7-8-16-14(12)13/h7-9,16H,4-6H2,1-3H3. The molecule has 1 N–H and O–H groups in total. The minimum absolute atomic E-state index is 0.546. The molecule has 2 aromatic heterocycles. The van der Waals surface area contributed by atoms with E-state index >= 15 is 0 Å². The molecule has 2 rings (SSSR count). The van der Waals surface area contributed by atoms with Crippen molar-refractivity contribution in [1.82, 2.24) is 9.97 Å². The van der Waals surface area contributed by atoms with E-state index in [4.69, 9.17) is 5.26 Å². The van der Waals surface area contributed by atoms with Crippen LogP contribution in [0.5, 0.6) is 0 Å². The van der Waals surface area contributed by atoms with E-state index in [-0.39, 0.29) is 0 Å². The molecule has 0 amide bonds. The van der Waals surface area contributed by atoms with Crippen molar-refractivity contribution in [3.05, 3.63) is 24.0 Å². The maximum atomic E-state index is 9.14. The number of nitrogens with one attached hydrogen (secondary N) is 1. The Bertz CT molecular complexity index is 582. The minimum Gasteiger partial charge on any atom is -0.360 e.